The molecule has 2 saturated heterocycles. The maximum Gasteiger partial charge on any atom is 0.416 e. The fourth-order valence-corrected chi connectivity index (χ4v) is 4.94. The lowest BCUT2D eigenvalue weighted by atomic mass is 9.71. The average Bonchev–Trinajstić information content (AvgIpc) is 2.62. The lowest BCUT2D eigenvalue weighted by molar-refractivity contribution is -0.145. The molecular formula is C22H23F4NO. The van der Waals surface area contributed by atoms with Gasteiger partial charge in [-0.05, 0) is 55.0 Å². The van der Waals surface area contributed by atoms with E-state index in [-0.39, 0.29) is 30.5 Å². The number of fused-ring (bicyclic) bond motifs is 2. The smallest absolute Gasteiger partial charge is 0.385 e. The second-order valence-electron chi connectivity index (χ2n) is 8.02. The van der Waals surface area contributed by atoms with Crippen molar-refractivity contribution >= 4 is 0 Å². The van der Waals surface area contributed by atoms with Crippen LogP contribution in [0.4, 0.5) is 17.6 Å². The minimum absolute atomic E-state index is 0.0259. The van der Waals surface area contributed by atoms with Gasteiger partial charge in [-0.2, -0.15) is 13.2 Å². The zero-order valence-electron chi connectivity index (χ0n) is 15.4. The van der Waals surface area contributed by atoms with E-state index in [1.54, 1.807) is 0 Å². The molecule has 0 aromatic heterocycles. The summed E-state index contributed by atoms with van der Waals surface area (Å²) in [7, 11) is 0. The van der Waals surface area contributed by atoms with Gasteiger partial charge < -0.3 is 5.11 Å². The van der Waals surface area contributed by atoms with Crippen LogP contribution in [0.2, 0.25) is 0 Å². The molecule has 2 aromatic rings. The zero-order chi connectivity index (χ0) is 19.9. The quantitative estimate of drug-likeness (QED) is 0.720. The molecule has 2 aliphatic rings. The summed E-state index contributed by atoms with van der Waals surface area (Å²) >= 11 is 0. The number of nitrogens with zero attached hydrogens (tertiary/aromatic N) is 1. The van der Waals surface area contributed by atoms with E-state index >= 15 is 0 Å². The Balaban J connectivity index is 1.66. The SMILES string of the molecule is OC1(c2cc(F)ccc2C(F)(F)F)CC2CCCC(C1)N2Cc1ccccc1. The molecule has 28 heavy (non-hydrogen) atoms. The predicted octanol–water partition coefficient (Wildman–Crippen LogP) is 5.25. The summed E-state index contributed by atoms with van der Waals surface area (Å²) in [6.45, 7) is 0.710. The van der Waals surface area contributed by atoms with Gasteiger partial charge in [-0.1, -0.05) is 36.8 Å². The van der Waals surface area contributed by atoms with Gasteiger partial charge in [-0.15, -0.1) is 0 Å². The Morgan fingerprint density at radius 3 is 2.25 bits per heavy atom. The fraction of sp³-hybridized carbons (Fsp3) is 0.455. The molecule has 2 aromatic carbocycles. The van der Waals surface area contributed by atoms with Gasteiger partial charge in [0.15, 0.2) is 0 Å². The first-order chi connectivity index (χ1) is 13.3. The fourth-order valence-electron chi connectivity index (χ4n) is 4.94. The highest BCUT2D eigenvalue weighted by Crippen LogP contribution is 2.48. The van der Waals surface area contributed by atoms with Crippen molar-refractivity contribution in [3.63, 3.8) is 0 Å². The molecule has 2 aliphatic heterocycles. The number of hydrogen-bond donors (Lipinski definition) is 1. The highest BCUT2D eigenvalue weighted by Gasteiger charge is 2.49. The molecule has 1 N–H and O–H groups in total. The Bertz CT molecular complexity index is 822. The van der Waals surface area contributed by atoms with Crippen molar-refractivity contribution in [3.05, 3.63) is 71.0 Å². The molecule has 0 radical (unpaired) electrons. The lowest BCUT2D eigenvalue weighted by Crippen LogP contribution is -2.56. The summed E-state index contributed by atoms with van der Waals surface area (Å²) in [5, 5.41) is 11.3. The van der Waals surface area contributed by atoms with Crippen LogP contribution in [0.5, 0.6) is 0 Å². The summed E-state index contributed by atoms with van der Waals surface area (Å²) in [5.74, 6) is -0.756. The monoisotopic (exact) mass is 393 g/mol. The van der Waals surface area contributed by atoms with Gasteiger partial charge in [0, 0.05) is 18.6 Å². The molecule has 2 heterocycles. The molecule has 0 saturated carbocycles. The van der Waals surface area contributed by atoms with Gasteiger partial charge >= 0.3 is 6.18 Å². The Morgan fingerprint density at radius 2 is 1.64 bits per heavy atom. The van der Waals surface area contributed by atoms with Crippen LogP contribution in [-0.4, -0.2) is 22.1 Å². The van der Waals surface area contributed by atoms with E-state index in [0.717, 1.165) is 43.0 Å². The number of hydrogen-bond acceptors (Lipinski definition) is 2. The molecule has 4 rings (SSSR count). The van der Waals surface area contributed by atoms with Crippen molar-refractivity contribution in [2.24, 2.45) is 0 Å². The van der Waals surface area contributed by atoms with E-state index in [1.165, 1.54) is 0 Å². The van der Waals surface area contributed by atoms with Crippen molar-refractivity contribution in [1.29, 1.82) is 0 Å². The van der Waals surface area contributed by atoms with Crippen molar-refractivity contribution < 1.29 is 22.7 Å². The summed E-state index contributed by atoms with van der Waals surface area (Å²) in [6.07, 6.45) is -1.63. The van der Waals surface area contributed by atoms with E-state index in [1.807, 2.05) is 30.3 Å². The van der Waals surface area contributed by atoms with E-state index in [0.29, 0.717) is 6.54 Å². The van der Waals surface area contributed by atoms with E-state index < -0.39 is 23.2 Å². The van der Waals surface area contributed by atoms with Gasteiger partial charge in [0.05, 0.1) is 11.2 Å². The second-order valence-corrected chi connectivity index (χ2v) is 8.02. The zero-order valence-corrected chi connectivity index (χ0v) is 15.4. The van der Waals surface area contributed by atoms with Crippen LogP contribution in [0.1, 0.15) is 48.8 Å². The van der Waals surface area contributed by atoms with Crippen LogP contribution >= 0.6 is 0 Å². The molecule has 150 valence electrons. The maximum atomic E-state index is 13.8. The molecular weight excluding hydrogens is 370 g/mol. The van der Waals surface area contributed by atoms with Crippen LogP contribution in [0.15, 0.2) is 48.5 Å². The van der Waals surface area contributed by atoms with Gasteiger partial charge in [0.25, 0.3) is 0 Å². The first-order valence-corrected chi connectivity index (χ1v) is 9.65. The Morgan fingerprint density at radius 1 is 1.00 bits per heavy atom. The third-order valence-corrected chi connectivity index (χ3v) is 6.16. The van der Waals surface area contributed by atoms with Crippen LogP contribution in [0.25, 0.3) is 0 Å². The van der Waals surface area contributed by atoms with Gasteiger partial charge in [-0.3, -0.25) is 4.90 Å². The van der Waals surface area contributed by atoms with Crippen LogP contribution in [0.3, 0.4) is 0 Å². The molecule has 2 atom stereocenters. The Labute approximate surface area is 161 Å². The lowest BCUT2D eigenvalue weighted by Gasteiger charge is -2.52. The second kappa shape index (κ2) is 7.16. The molecule has 2 bridgehead atoms. The highest BCUT2D eigenvalue weighted by molar-refractivity contribution is 5.36. The third kappa shape index (κ3) is 3.67. The van der Waals surface area contributed by atoms with Gasteiger partial charge in [-0.25, -0.2) is 4.39 Å². The Kier molecular flexibility index (Phi) is 4.96. The number of benzene rings is 2. The van der Waals surface area contributed by atoms with Crippen LogP contribution < -0.4 is 0 Å². The van der Waals surface area contributed by atoms with Crippen molar-refractivity contribution in [1.82, 2.24) is 4.90 Å². The highest BCUT2D eigenvalue weighted by atomic mass is 19.4. The standard InChI is InChI=1S/C22H23F4NO/c23-16-9-10-19(22(24,25)26)20(11-16)21(28)12-17-7-4-8-18(13-21)27(17)14-15-5-2-1-3-6-15/h1-3,5-6,9-11,17-18,28H,4,7-8,12-14H2. The van der Waals surface area contributed by atoms with Gasteiger partial charge in [0.2, 0.25) is 0 Å². The number of alkyl halides is 3. The van der Waals surface area contributed by atoms with Gasteiger partial charge in [0.1, 0.15) is 5.82 Å². The number of aliphatic hydroxyl groups is 1. The first-order valence-electron chi connectivity index (χ1n) is 9.65. The maximum absolute atomic E-state index is 13.8. The topological polar surface area (TPSA) is 23.5 Å². The van der Waals surface area contributed by atoms with Crippen LogP contribution in [-0.2, 0) is 18.3 Å². The van der Waals surface area contributed by atoms with E-state index in [2.05, 4.69) is 4.90 Å². The summed E-state index contributed by atoms with van der Waals surface area (Å²) < 4.78 is 54.4. The molecule has 0 spiro atoms. The molecule has 2 unspecified atom stereocenters. The average molecular weight is 393 g/mol. The normalized spacial score (nSPS) is 28.3. The minimum Gasteiger partial charge on any atom is -0.385 e. The van der Waals surface area contributed by atoms with Crippen LogP contribution in [0, 0.1) is 5.82 Å². The van der Waals surface area contributed by atoms with Crippen molar-refractivity contribution in [2.45, 2.75) is 62.5 Å². The third-order valence-electron chi connectivity index (χ3n) is 6.16. The molecule has 6 heteroatoms. The van der Waals surface area contributed by atoms with E-state index in [4.69, 9.17) is 0 Å². The number of rotatable bonds is 3. The van der Waals surface area contributed by atoms with Crippen molar-refractivity contribution in [3.8, 4) is 0 Å². The summed E-state index contributed by atoms with van der Waals surface area (Å²) in [6, 6.07) is 12.3. The predicted molar refractivity (Wildman–Crippen MR) is 97.9 cm³/mol. The first kappa shape index (κ1) is 19.4. The molecule has 0 aliphatic carbocycles. The van der Waals surface area contributed by atoms with E-state index in [9.17, 15) is 22.7 Å². The molecule has 0 amide bonds. The molecule has 2 nitrogen and oxygen atoms in total. The van der Waals surface area contributed by atoms with Crippen molar-refractivity contribution in [2.75, 3.05) is 0 Å². The summed E-state index contributed by atoms with van der Waals surface area (Å²) in [4.78, 5) is 2.31. The Hall–Kier alpha value is -1.92. The largest absolute Gasteiger partial charge is 0.416 e. The number of piperidine rings is 2. The minimum atomic E-state index is -4.63. The number of halogens is 4. The summed E-state index contributed by atoms with van der Waals surface area (Å²) in [5.41, 5.74) is -1.79. The molecule has 2 fully saturated rings.